The lowest BCUT2D eigenvalue weighted by Crippen LogP contribution is -2.17. The topological polar surface area (TPSA) is 74.6 Å². The second kappa shape index (κ2) is 7.04. The average Bonchev–Trinajstić information content (AvgIpc) is 2.21. The molecule has 16 heavy (non-hydrogen) atoms. The first kappa shape index (κ1) is 14.7. The summed E-state index contributed by atoms with van der Waals surface area (Å²) in [6.07, 6.45) is 1.82. The Morgan fingerprint density at radius 1 is 1.00 bits per heavy atom. The van der Waals surface area contributed by atoms with E-state index in [4.69, 9.17) is 10.2 Å². The van der Waals surface area contributed by atoms with Crippen LogP contribution in [0.15, 0.2) is 12.2 Å². The first-order valence-corrected chi connectivity index (χ1v) is 5.54. The highest BCUT2D eigenvalue weighted by molar-refractivity contribution is 5.71. The first-order chi connectivity index (χ1) is 7.42. The van der Waals surface area contributed by atoms with Crippen LogP contribution in [0.4, 0.5) is 0 Å². The van der Waals surface area contributed by atoms with E-state index in [9.17, 15) is 9.59 Å². The maximum absolute atomic E-state index is 10.8. The van der Waals surface area contributed by atoms with E-state index < -0.39 is 23.8 Å². The van der Waals surface area contributed by atoms with Crippen LogP contribution < -0.4 is 0 Å². The molecule has 0 fully saturated rings. The van der Waals surface area contributed by atoms with Gasteiger partial charge in [0.15, 0.2) is 0 Å². The standard InChI is InChI=1S/C12H20O4/c1-4-9(11(13)14)6-8(3)7-10(5-2)12(15)16/h9-10H,3-7H2,1-2H3,(H,13,14)(H,15,16)/t9-,10-/m1/s1. The van der Waals surface area contributed by atoms with Gasteiger partial charge in [-0.15, -0.1) is 0 Å². The number of aliphatic carboxylic acids is 2. The number of rotatable bonds is 8. The van der Waals surface area contributed by atoms with Gasteiger partial charge in [0.25, 0.3) is 0 Å². The number of carboxylic acids is 2. The van der Waals surface area contributed by atoms with Crippen LogP contribution in [-0.2, 0) is 9.59 Å². The lowest BCUT2D eigenvalue weighted by molar-refractivity contribution is -0.142. The van der Waals surface area contributed by atoms with E-state index in [1.807, 2.05) is 0 Å². The lowest BCUT2D eigenvalue weighted by atomic mass is 9.90. The zero-order chi connectivity index (χ0) is 12.7. The van der Waals surface area contributed by atoms with Crippen LogP contribution in [0, 0.1) is 11.8 Å². The maximum Gasteiger partial charge on any atom is 0.306 e. The van der Waals surface area contributed by atoms with Crippen LogP contribution in [-0.4, -0.2) is 22.2 Å². The van der Waals surface area contributed by atoms with Gasteiger partial charge in [-0.1, -0.05) is 26.0 Å². The van der Waals surface area contributed by atoms with E-state index >= 15 is 0 Å². The fraction of sp³-hybridized carbons (Fsp3) is 0.667. The summed E-state index contributed by atoms with van der Waals surface area (Å²) in [7, 11) is 0. The minimum absolute atomic E-state index is 0.371. The molecular weight excluding hydrogens is 208 g/mol. The van der Waals surface area contributed by atoms with Crippen molar-refractivity contribution < 1.29 is 19.8 Å². The van der Waals surface area contributed by atoms with Crippen LogP contribution in [0.5, 0.6) is 0 Å². The third-order valence-corrected chi connectivity index (χ3v) is 2.75. The van der Waals surface area contributed by atoms with Crippen molar-refractivity contribution in [3.8, 4) is 0 Å². The van der Waals surface area contributed by atoms with E-state index in [0.717, 1.165) is 0 Å². The molecule has 0 rings (SSSR count). The summed E-state index contributed by atoms with van der Waals surface area (Å²) >= 11 is 0. The molecule has 0 unspecified atom stereocenters. The Bertz CT molecular complexity index is 244. The van der Waals surface area contributed by atoms with Gasteiger partial charge in [0, 0.05) is 0 Å². The van der Waals surface area contributed by atoms with E-state index in [1.54, 1.807) is 13.8 Å². The molecule has 0 aromatic rings. The van der Waals surface area contributed by atoms with Crippen LogP contribution in [0.25, 0.3) is 0 Å². The minimum atomic E-state index is -0.841. The summed E-state index contributed by atoms with van der Waals surface area (Å²) in [5, 5.41) is 17.7. The Morgan fingerprint density at radius 2 is 1.31 bits per heavy atom. The number of allylic oxidation sites excluding steroid dienone is 1. The highest BCUT2D eigenvalue weighted by atomic mass is 16.4. The fourth-order valence-corrected chi connectivity index (χ4v) is 1.59. The van der Waals surface area contributed by atoms with E-state index in [0.29, 0.717) is 31.3 Å². The molecule has 2 N–H and O–H groups in total. The van der Waals surface area contributed by atoms with Crippen LogP contribution >= 0.6 is 0 Å². The Hall–Kier alpha value is -1.32. The molecule has 0 spiro atoms. The van der Waals surface area contributed by atoms with Crippen molar-refractivity contribution in [2.75, 3.05) is 0 Å². The SMILES string of the molecule is C=C(C[C@@H](CC)C(=O)O)C[C@@H](CC)C(=O)O. The highest BCUT2D eigenvalue weighted by Gasteiger charge is 2.20. The third kappa shape index (κ3) is 4.96. The van der Waals surface area contributed by atoms with Gasteiger partial charge in [-0.3, -0.25) is 9.59 Å². The van der Waals surface area contributed by atoms with Crippen LogP contribution in [0.3, 0.4) is 0 Å². The van der Waals surface area contributed by atoms with Crippen molar-refractivity contribution in [2.24, 2.45) is 11.8 Å². The Kier molecular flexibility index (Phi) is 6.46. The predicted octanol–water partition coefficient (Wildman–Crippen LogP) is 2.54. The number of hydrogen-bond donors (Lipinski definition) is 2. The number of hydrogen-bond acceptors (Lipinski definition) is 2. The van der Waals surface area contributed by atoms with Gasteiger partial charge < -0.3 is 10.2 Å². The molecule has 0 bridgehead atoms. The van der Waals surface area contributed by atoms with Crippen molar-refractivity contribution >= 4 is 11.9 Å². The fourth-order valence-electron chi connectivity index (χ4n) is 1.59. The van der Waals surface area contributed by atoms with E-state index in [-0.39, 0.29) is 0 Å². The summed E-state index contributed by atoms with van der Waals surface area (Å²) in [6, 6.07) is 0. The largest absolute Gasteiger partial charge is 0.481 e. The molecule has 0 saturated heterocycles. The molecule has 2 atom stereocenters. The number of carbonyl (C=O) groups is 2. The Balaban J connectivity index is 4.25. The second-order valence-corrected chi connectivity index (χ2v) is 4.05. The molecule has 0 aliphatic rings. The maximum atomic E-state index is 10.8. The van der Waals surface area contributed by atoms with Gasteiger partial charge in [0.05, 0.1) is 11.8 Å². The molecule has 4 nitrogen and oxygen atoms in total. The summed E-state index contributed by atoms with van der Waals surface area (Å²) in [5.41, 5.74) is 0.712. The number of carboxylic acid groups (broad SMARTS) is 2. The van der Waals surface area contributed by atoms with Crippen molar-refractivity contribution in [1.82, 2.24) is 0 Å². The normalized spacial score (nSPS) is 14.1. The Labute approximate surface area is 96.0 Å². The third-order valence-electron chi connectivity index (χ3n) is 2.75. The minimum Gasteiger partial charge on any atom is -0.481 e. The van der Waals surface area contributed by atoms with Crippen LogP contribution in [0.2, 0.25) is 0 Å². The van der Waals surface area contributed by atoms with E-state index in [1.165, 1.54) is 0 Å². The van der Waals surface area contributed by atoms with Gasteiger partial charge in [0.2, 0.25) is 0 Å². The summed E-state index contributed by atoms with van der Waals surface area (Å²) in [5.74, 6) is -2.57. The molecule has 0 aromatic carbocycles. The zero-order valence-electron chi connectivity index (χ0n) is 9.90. The summed E-state index contributed by atoms with van der Waals surface area (Å²) < 4.78 is 0. The van der Waals surface area contributed by atoms with Crippen molar-refractivity contribution in [1.29, 1.82) is 0 Å². The van der Waals surface area contributed by atoms with Crippen molar-refractivity contribution in [3.05, 3.63) is 12.2 Å². The van der Waals surface area contributed by atoms with Gasteiger partial charge in [-0.25, -0.2) is 0 Å². The summed E-state index contributed by atoms with van der Waals surface area (Å²) in [4.78, 5) is 21.6. The van der Waals surface area contributed by atoms with Gasteiger partial charge in [-0.05, 0) is 25.7 Å². The quantitative estimate of drug-likeness (QED) is 0.626. The molecular formula is C12H20O4. The highest BCUT2D eigenvalue weighted by Crippen LogP contribution is 2.22. The monoisotopic (exact) mass is 228 g/mol. The van der Waals surface area contributed by atoms with Crippen LogP contribution in [0.1, 0.15) is 39.5 Å². The van der Waals surface area contributed by atoms with Crippen molar-refractivity contribution in [3.63, 3.8) is 0 Å². The predicted molar refractivity (Wildman–Crippen MR) is 61.2 cm³/mol. The zero-order valence-corrected chi connectivity index (χ0v) is 9.90. The van der Waals surface area contributed by atoms with Crippen molar-refractivity contribution in [2.45, 2.75) is 39.5 Å². The van der Waals surface area contributed by atoms with E-state index in [2.05, 4.69) is 6.58 Å². The molecule has 0 aliphatic carbocycles. The van der Waals surface area contributed by atoms with Gasteiger partial charge in [0.1, 0.15) is 0 Å². The first-order valence-electron chi connectivity index (χ1n) is 5.54. The molecule has 0 aromatic heterocycles. The van der Waals surface area contributed by atoms with Gasteiger partial charge >= 0.3 is 11.9 Å². The molecule has 0 amide bonds. The molecule has 0 saturated carbocycles. The molecule has 0 heterocycles. The summed E-state index contributed by atoms with van der Waals surface area (Å²) in [6.45, 7) is 7.38. The average molecular weight is 228 g/mol. The molecule has 0 radical (unpaired) electrons. The molecule has 4 heteroatoms. The molecule has 0 aliphatic heterocycles. The second-order valence-electron chi connectivity index (χ2n) is 4.05. The van der Waals surface area contributed by atoms with Gasteiger partial charge in [-0.2, -0.15) is 0 Å². The lowest BCUT2D eigenvalue weighted by Gasteiger charge is -2.15. The smallest absolute Gasteiger partial charge is 0.306 e. The molecule has 92 valence electrons. The Morgan fingerprint density at radius 3 is 1.50 bits per heavy atom.